The molecule has 1 amide bonds. The minimum Gasteiger partial charge on any atom is -0.381 e. The Morgan fingerprint density at radius 2 is 1.81 bits per heavy atom. The van der Waals surface area contributed by atoms with Gasteiger partial charge in [0.25, 0.3) is 5.91 Å². The summed E-state index contributed by atoms with van der Waals surface area (Å²) in [6, 6.07) is 3.93. The molecule has 1 aromatic carbocycles. The van der Waals surface area contributed by atoms with Crippen molar-refractivity contribution in [2.45, 2.75) is 50.4 Å². The number of amides is 1. The van der Waals surface area contributed by atoms with E-state index < -0.39 is 16.3 Å². The molecule has 1 spiro atoms. The minimum atomic E-state index is -1.79. The summed E-state index contributed by atoms with van der Waals surface area (Å²) in [5.41, 5.74) is 2.22. The number of piperidine rings is 1. The molecule has 170 valence electrons. The quantitative estimate of drug-likeness (QED) is 0.507. The summed E-state index contributed by atoms with van der Waals surface area (Å²) in [6.07, 6.45) is 1.69. The zero-order chi connectivity index (χ0) is 22.4. The summed E-state index contributed by atoms with van der Waals surface area (Å²) in [5.74, 6) is -0.577. The second-order valence-electron chi connectivity index (χ2n) is 9.03. The first-order valence-electron chi connectivity index (χ1n) is 10.9. The predicted octanol–water partition coefficient (Wildman–Crippen LogP) is 2.82. The summed E-state index contributed by atoms with van der Waals surface area (Å²) < 4.78 is 5.44. The van der Waals surface area contributed by atoms with Crippen LogP contribution < -0.4 is 0 Å². The van der Waals surface area contributed by atoms with Crippen LogP contribution in [0.25, 0.3) is 0 Å². The normalized spacial score (nSPS) is 28.8. The van der Waals surface area contributed by atoms with Gasteiger partial charge in [0.15, 0.2) is 5.78 Å². The molecule has 0 radical (unpaired) electrons. The Balaban J connectivity index is 1.74. The van der Waals surface area contributed by atoms with E-state index in [1.807, 2.05) is 32.9 Å². The number of hydroxylamine groups is 4. The Hall–Kier alpha value is -1.51. The van der Waals surface area contributed by atoms with Gasteiger partial charge in [-0.1, -0.05) is 29.3 Å². The molecule has 2 unspecified atom stereocenters. The van der Waals surface area contributed by atoms with E-state index in [0.29, 0.717) is 51.3 Å². The molecule has 3 fully saturated rings. The number of rotatable bonds is 5. The van der Waals surface area contributed by atoms with Gasteiger partial charge in [0.05, 0.1) is 20.3 Å². The molecule has 4 rings (SSSR count). The van der Waals surface area contributed by atoms with Crippen LogP contribution in [0, 0.1) is 26.7 Å². The highest BCUT2D eigenvalue weighted by molar-refractivity contribution is 6.49. The van der Waals surface area contributed by atoms with Gasteiger partial charge in [-0.05, 0) is 56.7 Å². The van der Waals surface area contributed by atoms with Crippen LogP contribution in [-0.2, 0) is 28.9 Å². The van der Waals surface area contributed by atoms with Crippen molar-refractivity contribution in [2.24, 2.45) is 5.92 Å². The molecule has 3 aliphatic heterocycles. The second-order valence-corrected chi connectivity index (χ2v) is 9.60. The molecule has 0 N–H and O–H groups in total. The van der Waals surface area contributed by atoms with E-state index in [4.69, 9.17) is 26.0 Å². The molecule has 7 nitrogen and oxygen atoms in total. The first-order valence-corrected chi connectivity index (χ1v) is 11.3. The first kappa shape index (κ1) is 22.7. The van der Waals surface area contributed by atoms with Crippen LogP contribution in [0.1, 0.15) is 41.5 Å². The summed E-state index contributed by atoms with van der Waals surface area (Å²) >= 11 is 7.05. The van der Waals surface area contributed by atoms with Crippen LogP contribution in [-0.4, -0.2) is 67.4 Å². The number of nitrogens with zero attached hydrogens (tertiary/aromatic N) is 2. The van der Waals surface area contributed by atoms with Crippen LogP contribution in [0.5, 0.6) is 0 Å². The lowest BCUT2D eigenvalue weighted by molar-refractivity contribution is -0.234. The van der Waals surface area contributed by atoms with Gasteiger partial charge in [0.1, 0.15) is 5.54 Å². The number of hydrogen-bond acceptors (Lipinski definition) is 6. The topological polar surface area (TPSA) is 68.3 Å². The first-order chi connectivity index (χ1) is 14.7. The molecule has 0 aromatic heterocycles. The fourth-order valence-corrected chi connectivity index (χ4v) is 5.88. The van der Waals surface area contributed by atoms with Crippen molar-refractivity contribution in [3.05, 3.63) is 34.4 Å². The van der Waals surface area contributed by atoms with Crippen LogP contribution in [0.15, 0.2) is 12.1 Å². The Kier molecular flexibility index (Phi) is 6.18. The van der Waals surface area contributed by atoms with E-state index in [-0.39, 0.29) is 11.7 Å². The van der Waals surface area contributed by atoms with E-state index in [2.05, 4.69) is 0 Å². The van der Waals surface area contributed by atoms with Gasteiger partial charge in [0.2, 0.25) is 4.87 Å². The van der Waals surface area contributed by atoms with Crippen LogP contribution in [0.4, 0.5) is 0 Å². The molecule has 3 saturated heterocycles. The van der Waals surface area contributed by atoms with Gasteiger partial charge in [-0.3, -0.25) is 14.4 Å². The number of carbonyl (C=O) groups excluding carboxylic acids is 2. The molecule has 31 heavy (non-hydrogen) atoms. The van der Waals surface area contributed by atoms with Crippen LogP contribution in [0.2, 0.25) is 0 Å². The number of hydrogen-bond donors (Lipinski definition) is 0. The lowest BCUT2D eigenvalue weighted by Crippen LogP contribution is -2.56. The van der Waals surface area contributed by atoms with Crippen LogP contribution >= 0.6 is 11.6 Å². The molecule has 0 bridgehead atoms. The number of carbonyl (C=O) groups is 2. The van der Waals surface area contributed by atoms with E-state index in [0.717, 1.165) is 23.1 Å². The summed E-state index contributed by atoms with van der Waals surface area (Å²) in [6.45, 7) is 8.44. The Labute approximate surface area is 188 Å². The Bertz CT molecular complexity index is 854. The smallest absolute Gasteiger partial charge is 0.280 e. The van der Waals surface area contributed by atoms with Gasteiger partial charge in [-0.2, -0.15) is 5.06 Å². The van der Waals surface area contributed by atoms with Gasteiger partial charge < -0.3 is 9.57 Å². The van der Waals surface area contributed by atoms with Gasteiger partial charge in [0, 0.05) is 25.6 Å². The number of alkyl halides is 1. The number of halogens is 1. The lowest BCUT2D eigenvalue weighted by Gasteiger charge is -2.41. The van der Waals surface area contributed by atoms with Crippen molar-refractivity contribution in [1.29, 1.82) is 0 Å². The van der Waals surface area contributed by atoms with E-state index in [1.165, 1.54) is 5.06 Å². The minimum absolute atomic E-state index is 0.201. The average Bonchev–Trinajstić information content (AvgIpc) is 3.30. The Morgan fingerprint density at radius 1 is 1.16 bits per heavy atom. The number of ketones is 1. The molecular weight excluding hydrogens is 420 g/mol. The molecule has 2 atom stereocenters. The zero-order valence-corrected chi connectivity index (χ0v) is 19.5. The fourth-order valence-electron chi connectivity index (χ4n) is 5.33. The number of aryl methyl sites for hydroxylation is 3. The van der Waals surface area contributed by atoms with Crippen molar-refractivity contribution < 1.29 is 24.0 Å². The third-order valence-electron chi connectivity index (χ3n) is 6.90. The molecule has 8 heteroatoms. The largest absolute Gasteiger partial charge is 0.381 e. The van der Waals surface area contributed by atoms with E-state index in [9.17, 15) is 9.59 Å². The van der Waals surface area contributed by atoms with Crippen molar-refractivity contribution in [3.8, 4) is 0 Å². The van der Waals surface area contributed by atoms with Crippen molar-refractivity contribution >= 4 is 23.3 Å². The monoisotopic (exact) mass is 450 g/mol. The maximum absolute atomic E-state index is 14.0. The molecule has 3 aliphatic rings. The maximum Gasteiger partial charge on any atom is 0.280 e. The van der Waals surface area contributed by atoms with Crippen LogP contribution in [0.3, 0.4) is 0 Å². The van der Waals surface area contributed by atoms with Crippen molar-refractivity contribution in [2.75, 3.05) is 40.0 Å². The zero-order valence-electron chi connectivity index (χ0n) is 18.7. The molecular formula is C23H31ClN2O5. The van der Waals surface area contributed by atoms with Crippen molar-refractivity contribution in [1.82, 2.24) is 10.1 Å². The molecule has 0 saturated carbocycles. The summed E-state index contributed by atoms with van der Waals surface area (Å²) in [5, 5.41) is 3.11. The maximum atomic E-state index is 14.0. The highest BCUT2D eigenvalue weighted by Crippen LogP contribution is 2.51. The third kappa shape index (κ3) is 3.60. The molecule has 3 heterocycles. The summed E-state index contributed by atoms with van der Waals surface area (Å²) in [4.78, 5) is 37.5. The van der Waals surface area contributed by atoms with Gasteiger partial charge >= 0.3 is 0 Å². The van der Waals surface area contributed by atoms with Crippen molar-refractivity contribution in [3.63, 3.8) is 0 Å². The SMILES string of the molecule is CON1CCC2(CC1)C(=O)C(Cl)(c1c(C)cc(C)cc1C)C(=O)N2OCC1CCOC1. The average molecular weight is 451 g/mol. The van der Waals surface area contributed by atoms with E-state index >= 15 is 0 Å². The third-order valence-corrected chi connectivity index (χ3v) is 7.42. The number of benzene rings is 1. The second kappa shape index (κ2) is 8.45. The number of Topliss-reactive ketones (excluding diaryl/α,β-unsaturated/α-hetero) is 1. The number of ether oxygens (including phenoxy) is 1. The predicted molar refractivity (Wildman–Crippen MR) is 115 cm³/mol. The molecule has 0 aliphatic carbocycles. The van der Waals surface area contributed by atoms with E-state index in [1.54, 1.807) is 12.2 Å². The highest BCUT2D eigenvalue weighted by atomic mass is 35.5. The Morgan fingerprint density at radius 3 is 2.35 bits per heavy atom. The highest BCUT2D eigenvalue weighted by Gasteiger charge is 2.69. The van der Waals surface area contributed by atoms with Gasteiger partial charge in [-0.15, -0.1) is 0 Å². The summed E-state index contributed by atoms with van der Waals surface area (Å²) in [7, 11) is 1.61. The fraction of sp³-hybridized carbons (Fsp3) is 0.652. The lowest BCUT2D eigenvalue weighted by atomic mass is 9.78. The van der Waals surface area contributed by atoms with Gasteiger partial charge in [-0.25, -0.2) is 5.06 Å². The standard InChI is InChI=1S/C23H31ClN2O5/c1-15-11-16(2)19(17(3)12-15)23(24)20(27)22(6-8-25(29-4)9-7-22)26(21(23)28)31-14-18-5-10-30-13-18/h11-12,18H,5-10,13-14H2,1-4H3. The molecule has 1 aromatic rings.